The van der Waals surface area contributed by atoms with E-state index >= 15 is 0 Å². The highest BCUT2D eigenvalue weighted by molar-refractivity contribution is 14.1. The number of rotatable bonds is 13. The molecule has 1 heterocycles. The van der Waals surface area contributed by atoms with Crippen molar-refractivity contribution in [1.82, 2.24) is 4.98 Å². The quantitative estimate of drug-likeness (QED) is 0.0852. The first kappa shape index (κ1) is 107. The summed E-state index contributed by atoms with van der Waals surface area (Å²) in [4.78, 5) is 3.19. The fourth-order valence-electron chi connectivity index (χ4n) is 8.73. The summed E-state index contributed by atoms with van der Waals surface area (Å²) in [7, 11) is 0. The molecule has 7 rings (SSSR count). The molecule has 0 bridgehead atoms. The first-order valence-electron chi connectivity index (χ1n) is 33.6. The van der Waals surface area contributed by atoms with Crippen LogP contribution in [-0.2, 0) is 55.6 Å². The van der Waals surface area contributed by atoms with E-state index in [0.717, 1.165) is 66.2 Å². The van der Waals surface area contributed by atoms with Gasteiger partial charge in [-0.15, -0.1) is 13.2 Å². The summed E-state index contributed by atoms with van der Waals surface area (Å²) in [6, 6.07) is 17.9. The zero-order valence-electron chi connectivity index (χ0n) is 63.2. The van der Waals surface area contributed by atoms with Gasteiger partial charge in [-0.1, -0.05) is 109 Å². The maximum absolute atomic E-state index is 12.6. The minimum absolute atomic E-state index is 0.0197. The van der Waals surface area contributed by atoms with Crippen molar-refractivity contribution in [3.63, 3.8) is 0 Å². The van der Waals surface area contributed by atoms with Crippen LogP contribution in [0.15, 0.2) is 121 Å². The van der Waals surface area contributed by atoms with Gasteiger partial charge in [0.2, 0.25) is 0 Å². The molecule has 0 N–H and O–H groups in total. The van der Waals surface area contributed by atoms with Crippen LogP contribution in [-0.4, -0.2) is 37.2 Å². The van der Waals surface area contributed by atoms with E-state index in [-0.39, 0.29) is 74.9 Å². The molecule has 660 valence electrons. The second-order valence-corrected chi connectivity index (χ2v) is 28.8. The molecule has 0 atom stereocenters. The van der Waals surface area contributed by atoms with Gasteiger partial charge in [-0.3, -0.25) is 0 Å². The highest BCUT2D eigenvalue weighted by Gasteiger charge is 2.42. The Bertz CT molecular complexity index is 4020. The third kappa shape index (κ3) is 40.4. The van der Waals surface area contributed by atoms with Gasteiger partial charge in [-0.05, 0) is 219 Å². The van der Waals surface area contributed by atoms with E-state index in [4.69, 9.17) is 11.6 Å². The van der Waals surface area contributed by atoms with Crippen LogP contribution in [0.5, 0.6) is 17.2 Å². The Labute approximate surface area is 667 Å². The van der Waals surface area contributed by atoms with Gasteiger partial charge in [0.25, 0.3) is 6.43 Å². The molecule has 117 heavy (non-hydrogen) atoms. The number of hydrogen-bond donors (Lipinski definition) is 0. The first-order valence-corrected chi connectivity index (χ1v) is 35.0. The van der Waals surface area contributed by atoms with Gasteiger partial charge in [0.05, 0.1) is 44.5 Å². The van der Waals surface area contributed by atoms with Crippen LogP contribution in [0.2, 0.25) is 5.02 Å². The average molecular weight is 1880 g/mol. The Kier molecular flexibility index (Phi) is 39.1. The average Bonchev–Trinajstić information content (AvgIpc) is 0.926. The lowest BCUT2D eigenvalue weighted by Crippen LogP contribution is -2.19. The van der Waals surface area contributed by atoms with Crippen LogP contribution in [0, 0.1) is 3.57 Å². The molecule has 0 aliphatic rings. The fraction of sp³-hybridized carbons (Fsp3) is 0.461. The van der Waals surface area contributed by atoms with Gasteiger partial charge in [0.1, 0.15) is 29.5 Å². The van der Waals surface area contributed by atoms with Gasteiger partial charge < -0.3 is 14.2 Å². The van der Waals surface area contributed by atoms with E-state index in [9.17, 15) is 154 Å². The molecule has 0 fully saturated rings. The monoisotopic (exact) mass is 1880 g/mol. The van der Waals surface area contributed by atoms with Crippen molar-refractivity contribution in [2.75, 3.05) is 13.2 Å². The molecule has 0 aliphatic heterocycles. The van der Waals surface area contributed by atoms with Crippen LogP contribution in [0.1, 0.15) is 228 Å². The number of halogens is 37. The third-order valence-corrected chi connectivity index (χ3v) is 15.8. The molecule has 0 aliphatic carbocycles. The molecule has 7 aromatic rings. The second-order valence-electron chi connectivity index (χ2n) is 27.1. The lowest BCUT2D eigenvalue weighted by Gasteiger charge is -2.15. The van der Waals surface area contributed by atoms with E-state index in [1.807, 2.05) is 50.3 Å². The lowest BCUT2D eigenvalue weighted by atomic mass is 9.97. The van der Waals surface area contributed by atoms with Crippen molar-refractivity contribution < 1.29 is 168 Å². The van der Waals surface area contributed by atoms with Gasteiger partial charge in [0, 0.05) is 14.3 Å². The Morgan fingerprint density at radius 3 is 0.846 bits per heavy atom. The number of aromatic nitrogens is 1. The summed E-state index contributed by atoms with van der Waals surface area (Å²) in [5.41, 5.74) is -7.78. The Morgan fingerprint density at radius 1 is 0.291 bits per heavy atom. The summed E-state index contributed by atoms with van der Waals surface area (Å²) >= 11 is 7.50. The summed E-state index contributed by atoms with van der Waals surface area (Å²) < 4.78 is 445. The molecule has 0 saturated carbocycles. The van der Waals surface area contributed by atoms with Gasteiger partial charge in [0.15, 0.2) is 6.61 Å². The molecule has 41 heteroatoms. The van der Waals surface area contributed by atoms with E-state index < -0.39 is 161 Å². The van der Waals surface area contributed by atoms with Gasteiger partial charge in [-0.25, -0.2) is 13.8 Å². The number of benzene rings is 6. The summed E-state index contributed by atoms with van der Waals surface area (Å²) in [6.45, 7) is 20.8. The predicted octanol–water partition coefficient (Wildman–Crippen LogP) is 32.0. The molecule has 1 aromatic heterocycles. The third-order valence-electron chi connectivity index (χ3n) is 14.9. The number of nitrogens with zero attached hydrogens (tertiary/aromatic N) is 1. The molecule has 0 saturated heterocycles. The minimum Gasteiger partial charge on any atom is -0.488 e. The molecule has 6 aromatic carbocycles. The number of alkyl halides is 35. The highest BCUT2D eigenvalue weighted by atomic mass is 127. The van der Waals surface area contributed by atoms with Crippen molar-refractivity contribution in [2.24, 2.45) is 0 Å². The van der Waals surface area contributed by atoms with Crippen LogP contribution in [0.3, 0.4) is 0 Å². The molecule has 0 unspecified atom stereocenters. The zero-order chi connectivity index (χ0) is 91.6. The van der Waals surface area contributed by atoms with E-state index in [2.05, 4.69) is 19.2 Å². The topological polar surface area (TPSA) is 40.6 Å². The van der Waals surface area contributed by atoms with Crippen molar-refractivity contribution in [3.05, 3.63) is 219 Å². The maximum Gasteiger partial charge on any atom is 0.573 e. The van der Waals surface area contributed by atoms with Crippen molar-refractivity contribution in [1.29, 1.82) is 0 Å². The van der Waals surface area contributed by atoms with Crippen LogP contribution >= 0.6 is 34.2 Å². The summed E-state index contributed by atoms with van der Waals surface area (Å²) in [5.74, 6) is -3.00. The van der Waals surface area contributed by atoms with Crippen LogP contribution < -0.4 is 14.2 Å². The zero-order valence-corrected chi connectivity index (χ0v) is 66.2. The van der Waals surface area contributed by atoms with Crippen LogP contribution in [0.25, 0.3) is 0 Å². The first-order chi connectivity index (χ1) is 52.3. The Balaban J connectivity index is 0.000000684. The Hall–Kier alpha value is -7.56. The second kappa shape index (κ2) is 42.6. The van der Waals surface area contributed by atoms with Crippen molar-refractivity contribution >= 4 is 34.2 Å². The molecular weight excluding hydrogens is 1800 g/mol. The molecular formula is C76H74ClF35INO3. The number of hydrogen-bond acceptors (Lipinski definition) is 4. The number of pyridine rings is 1. The largest absolute Gasteiger partial charge is 0.573 e. The van der Waals surface area contributed by atoms with E-state index in [0.29, 0.717) is 32.9 Å². The molecule has 0 radical (unpaired) electrons. The van der Waals surface area contributed by atoms with Gasteiger partial charge in [-0.2, -0.15) is 132 Å². The smallest absolute Gasteiger partial charge is 0.488 e. The number of ether oxygens (including phenoxy) is 3. The SMILES string of the molecule is CC(C)c1cc(C(F)(F)F)cc(C(F)(F)F)c1.CC(C)c1cc(C(F)(F)F)cc(C(F)(F)F)n1.CC(C)c1cc(Cl)cc(C(F)(F)F)c1.CC(C)c1cc(I)cc(C(F)(F)F)c1.CC(C)c1cc(OC(F)(F)F)cc(C(F)(F)F)c1.CC(C)c1cc(OCC(F)(F)F)cc(C(F)(F)F)c1.CC(C)c1cc(OCC(F)F)cc(C(F)(F)F)c1. The Morgan fingerprint density at radius 2 is 0.556 bits per heavy atom. The standard InChI is InChI=1S/C12H12F6O.C12H13F5O.C11H10F6O.C11H10F6.C10H10ClF3.C10H9F6N.C10H10F3I/c1-7(2)8-3-9(12(16,17)18)5-10(4-8)19-6-11(13,14)15;1-7(2)8-3-9(12(15,16)17)5-10(4-8)18-6-11(13)14;1-6(2)7-3-8(10(12,13)14)5-9(4-7)18-11(15,16)17;1-6(2)7-3-8(10(12,13)14)5-9(4-7)11(15,16)17;1-6(2)7-3-8(10(12,13)14)5-9(11)4-7;1-5(2)7-3-6(9(11,12)13)4-8(17-7)10(14,15)16;1-6(2)7-3-8(10(11,12)13)5-9(14)4-7/h3-5,7H,6H2,1-2H3;3-5,7,11H,6H2,1-2H3;3-6H,1-2H3;3-6H,1-2H3;3-6H,1-2H3;3-5H,1-2H3;3-6H,1-2H3. The highest BCUT2D eigenvalue weighted by Crippen LogP contribution is 2.43. The predicted molar refractivity (Wildman–Crippen MR) is 374 cm³/mol. The van der Waals surface area contributed by atoms with Gasteiger partial charge >= 0.3 is 68.1 Å². The molecule has 4 nitrogen and oxygen atoms in total. The van der Waals surface area contributed by atoms with E-state index in [1.165, 1.54) is 45.9 Å². The fourth-order valence-corrected chi connectivity index (χ4v) is 9.67. The minimum atomic E-state index is -5.02. The van der Waals surface area contributed by atoms with Crippen molar-refractivity contribution in [3.8, 4) is 17.2 Å². The summed E-state index contributed by atoms with van der Waals surface area (Å²) in [6.07, 6.45) is -54.0. The van der Waals surface area contributed by atoms with E-state index in [1.54, 1.807) is 53.7 Å². The maximum atomic E-state index is 12.6. The van der Waals surface area contributed by atoms with Crippen molar-refractivity contribution in [2.45, 2.75) is 213 Å². The summed E-state index contributed by atoms with van der Waals surface area (Å²) in [5, 5.41) is 0.128. The molecule has 0 amide bonds. The molecule has 0 spiro atoms. The normalized spacial score (nSPS) is 12.7. The lowest BCUT2D eigenvalue weighted by molar-refractivity contribution is -0.274. The van der Waals surface area contributed by atoms with Crippen LogP contribution in [0.4, 0.5) is 154 Å².